The number of hydrogen-bond acceptors (Lipinski definition) is 2. The van der Waals surface area contributed by atoms with Gasteiger partial charge in [-0.1, -0.05) is 29.3 Å². The van der Waals surface area contributed by atoms with E-state index < -0.39 is 0 Å². The van der Waals surface area contributed by atoms with Gasteiger partial charge in [0.2, 0.25) is 0 Å². The Kier molecular flexibility index (Phi) is 3.87. The molecule has 0 aromatic heterocycles. The molecule has 1 aliphatic heterocycles. The highest BCUT2D eigenvalue weighted by Gasteiger charge is 2.15. The second kappa shape index (κ2) is 5.17. The maximum absolute atomic E-state index is 6.03. The van der Waals surface area contributed by atoms with E-state index in [-0.39, 0.29) is 0 Å². The molecular formula is C11H13Cl2NO. The molecule has 0 radical (unpaired) electrons. The Bertz CT molecular complexity index is 337. The number of halogens is 2. The lowest BCUT2D eigenvalue weighted by atomic mass is 10.2. The van der Waals surface area contributed by atoms with E-state index in [9.17, 15) is 0 Å². The van der Waals surface area contributed by atoms with Crippen LogP contribution in [0.2, 0.25) is 10.0 Å². The summed E-state index contributed by atoms with van der Waals surface area (Å²) in [5, 5.41) is 4.59. The lowest BCUT2D eigenvalue weighted by Gasteiger charge is -2.11. The Morgan fingerprint density at radius 2 is 2.27 bits per heavy atom. The topological polar surface area (TPSA) is 21.3 Å². The molecule has 1 fully saturated rings. The highest BCUT2D eigenvalue weighted by Crippen LogP contribution is 2.22. The SMILES string of the molecule is Clc1ccc(COC2CCNC2)c(Cl)c1. The van der Waals surface area contributed by atoms with Crippen LogP contribution in [0, 0.1) is 0 Å². The minimum absolute atomic E-state index is 0.316. The molecule has 2 rings (SSSR count). The Morgan fingerprint density at radius 1 is 1.40 bits per heavy atom. The first kappa shape index (κ1) is 11.2. The highest BCUT2D eigenvalue weighted by molar-refractivity contribution is 6.35. The van der Waals surface area contributed by atoms with E-state index >= 15 is 0 Å². The van der Waals surface area contributed by atoms with Crippen molar-refractivity contribution in [1.29, 1.82) is 0 Å². The molecule has 1 unspecified atom stereocenters. The lowest BCUT2D eigenvalue weighted by Crippen LogP contribution is -2.16. The summed E-state index contributed by atoms with van der Waals surface area (Å²) in [6.07, 6.45) is 1.39. The van der Waals surface area contributed by atoms with Crippen molar-refractivity contribution in [2.75, 3.05) is 13.1 Å². The van der Waals surface area contributed by atoms with Crippen LogP contribution in [0.3, 0.4) is 0 Å². The summed E-state index contributed by atoms with van der Waals surface area (Å²) in [5.74, 6) is 0. The third kappa shape index (κ3) is 3.08. The molecule has 2 nitrogen and oxygen atoms in total. The van der Waals surface area contributed by atoms with Gasteiger partial charge in [0.25, 0.3) is 0 Å². The minimum atomic E-state index is 0.316. The van der Waals surface area contributed by atoms with E-state index in [2.05, 4.69) is 5.32 Å². The van der Waals surface area contributed by atoms with Gasteiger partial charge in [0.05, 0.1) is 12.7 Å². The van der Waals surface area contributed by atoms with Gasteiger partial charge in [-0.15, -0.1) is 0 Å². The van der Waals surface area contributed by atoms with Gasteiger partial charge in [0.15, 0.2) is 0 Å². The molecule has 1 aliphatic rings. The molecule has 1 N–H and O–H groups in total. The summed E-state index contributed by atoms with van der Waals surface area (Å²) in [7, 11) is 0. The van der Waals surface area contributed by atoms with Gasteiger partial charge in [-0.05, 0) is 30.7 Å². The van der Waals surface area contributed by atoms with Gasteiger partial charge in [-0.2, -0.15) is 0 Å². The van der Waals surface area contributed by atoms with Gasteiger partial charge < -0.3 is 10.1 Å². The molecule has 1 aromatic carbocycles. The third-order valence-electron chi connectivity index (χ3n) is 2.50. The zero-order chi connectivity index (χ0) is 10.7. The van der Waals surface area contributed by atoms with Gasteiger partial charge in [0, 0.05) is 16.6 Å². The molecule has 4 heteroatoms. The van der Waals surface area contributed by atoms with Crippen molar-refractivity contribution in [1.82, 2.24) is 5.32 Å². The minimum Gasteiger partial charge on any atom is -0.372 e. The lowest BCUT2D eigenvalue weighted by molar-refractivity contribution is 0.0543. The fourth-order valence-corrected chi connectivity index (χ4v) is 2.08. The van der Waals surface area contributed by atoms with E-state index in [1.807, 2.05) is 12.1 Å². The maximum Gasteiger partial charge on any atom is 0.0735 e. The standard InChI is InChI=1S/C11H13Cl2NO/c12-9-2-1-8(11(13)5-9)7-15-10-3-4-14-6-10/h1-2,5,10,14H,3-4,6-7H2. The predicted octanol–water partition coefficient (Wildman–Crippen LogP) is 2.87. The monoisotopic (exact) mass is 245 g/mol. The molecule has 82 valence electrons. The summed E-state index contributed by atoms with van der Waals surface area (Å²) in [4.78, 5) is 0. The van der Waals surface area contributed by atoms with Crippen LogP contribution in [0.1, 0.15) is 12.0 Å². The van der Waals surface area contributed by atoms with E-state index in [0.717, 1.165) is 25.1 Å². The van der Waals surface area contributed by atoms with Crippen LogP contribution in [0.4, 0.5) is 0 Å². The average Bonchev–Trinajstić information content (AvgIpc) is 2.69. The third-order valence-corrected chi connectivity index (χ3v) is 3.09. The van der Waals surface area contributed by atoms with Crippen LogP contribution < -0.4 is 5.32 Å². The van der Waals surface area contributed by atoms with E-state index in [1.54, 1.807) is 6.07 Å². The second-order valence-corrected chi connectivity index (χ2v) is 4.51. The van der Waals surface area contributed by atoms with Crippen molar-refractivity contribution in [3.8, 4) is 0 Å². The van der Waals surface area contributed by atoms with Gasteiger partial charge >= 0.3 is 0 Å². The van der Waals surface area contributed by atoms with Crippen molar-refractivity contribution < 1.29 is 4.74 Å². The smallest absolute Gasteiger partial charge is 0.0735 e. The second-order valence-electron chi connectivity index (χ2n) is 3.66. The van der Waals surface area contributed by atoms with Crippen molar-refractivity contribution in [3.05, 3.63) is 33.8 Å². The average molecular weight is 246 g/mol. The van der Waals surface area contributed by atoms with Crippen LogP contribution in [0.5, 0.6) is 0 Å². The summed E-state index contributed by atoms with van der Waals surface area (Å²) in [6.45, 7) is 2.53. The first-order chi connectivity index (χ1) is 7.25. The molecule has 0 amide bonds. The zero-order valence-corrected chi connectivity index (χ0v) is 9.81. The van der Waals surface area contributed by atoms with Crippen LogP contribution in [0.25, 0.3) is 0 Å². The van der Waals surface area contributed by atoms with Crippen LogP contribution in [0.15, 0.2) is 18.2 Å². The molecular weight excluding hydrogens is 233 g/mol. The zero-order valence-electron chi connectivity index (χ0n) is 8.30. The number of nitrogens with one attached hydrogen (secondary N) is 1. The van der Waals surface area contributed by atoms with Crippen LogP contribution in [-0.4, -0.2) is 19.2 Å². The van der Waals surface area contributed by atoms with Crippen LogP contribution in [-0.2, 0) is 11.3 Å². The maximum atomic E-state index is 6.03. The molecule has 0 saturated carbocycles. The summed E-state index contributed by atoms with van der Waals surface area (Å²) < 4.78 is 5.72. The largest absolute Gasteiger partial charge is 0.372 e. The summed E-state index contributed by atoms with van der Waals surface area (Å²) in [6, 6.07) is 5.49. The number of benzene rings is 1. The van der Waals surface area contributed by atoms with Crippen molar-refractivity contribution in [3.63, 3.8) is 0 Å². The molecule has 1 heterocycles. The molecule has 0 spiro atoms. The fraction of sp³-hybridized carbons (Fsp3) is 0.455. The summed E-state index contributed by atoms with van der Waals surface area (Å²) >= 11 is 11.8. The molecule has 0 bridgehead atoms. The van der Waals surface area contributed by atoms with E-state index in [0.29, 0.717) is 22.8 Å². The van der Waals surface area contributed by atoms with E-state index in [4.69, 9.17) is 27.9 Å². The molecule has 1 aromatic rings. The molecule has 0 aliphatic carbocycles. The Morgan fingerprint density at radius 3 is 2.93 bits per heavy atom. The number of hydrogen-bond donors (Lipinski definition) is 1. The Hall–Kier alpha value is -0.280. The van der Waals surface area contributed by atoms with Crippen molar-refractivity contribution in [2.24, 2.45) is 0 Å². The molecule has 1 saturated heterocycles. The fourth-order valence-electron chi connectivity index (χ4n) is 1.62. The van der Waals surface area contributed by atoms with Crippen molar-refractivity contribution in [2.45, 2.75) is 19.1 Å². The first-order valence-electron chi connectivity index (χ1n) is 5.02. The normalized spacial score (nSPS) is 20.8. The number of rotatable bonds is 3. The van der Waals surface area contributed by atoms with Crippen LogP contribution >= 0.6 is 23.2 Å². The molecule has 15 heavy (non-hydrogen) atoms. The summed E-state index contributed by atoms with van der Waals surface area (Å²) in [5.41, 5.74) is 0.993. The highest BCUT2D eigenvalue weighted by atomic mass is 35.5. The van der Waals surface area contributed by atoms with Crippen molar-refractivity contribution >= 4 is 23.2 Å². The van der Waals surface area contributed by atoms with Gasteiger partial charge in [0.1, 0.15) is 0 Å². The molecule has 1 atom stereocenters. The number of ether oxygens (including phenoxy) is 1. The predicted molar refractivity (Wildman–Crippen MR) is 62.5 cm³/mol. The van der Waals surface area contributed by atoms with Gasteiger partial charge in [-0.25, -0.2) is 0 Å². The Balaban J connectivity index is 1.92. The quantitative estimate of drug-likeness (QED) is 0.885. The van der Waals surface area contributed by atoms with Gasteiger partial charge in [-0.3, -0.25) is 0 Å². The Labute approximate surface area is 99.5 Å². The van der Waals surface area contributed by atoms with E-state index in [1.165, 1.54) is 0 Å². The first-order valence-corrected chi connectivity index (χ1v) is 5.77.